The van der Waals surface area contributed by atoms with Crippen LogP contribution < -0.4 is 14.4 Å². The van der Waals surface area contributed by atoms with Gasteiger partial charge in [-0.3, -0.25) is 4.55 Å². The number of anilines is 2. The molecule has 0 amide bonds. The molecule has 2 unspecified atom stereocenters. The summed E-state index contributed by atoms with van der Waals surface area (Å²) >= 11 is 25.5. The highest BCUT2D eigenvalue weighted by Crippen LogP contribution is 2.45. The molecule has 0 saturated carbocycles. The summed E-state index contributed by atoms with van der Waals surface area (Å²) in [6.07, 6.45) is 6.62. The van der Waals surface area contributed by atoms with Crippen LogP contribution in [0.5, 0.6) is 0 Å². The maximum atomic E-state index is 11.7. The maximum absolute atomic E-state index is 11.7. The van der Waals surface area contributed by atoms with Gasteiger partial charge in [-0.15, -0.1) is 0 Å². The van der Waals surface area contributed by atoms with Crippen molar-refractivity contribution in [1.82, 2.24) is 4.57 Å². The number of fused-ring (bicyclic) bond motifs is 2. The number of aryl methyl sites for hydroxylation is 2. The molecule has 2 heterocycles. The predicted octanol–water partition coefficient (Wildman–Crippen LogP) is 7.14. The number of allylic oxidation sites excluding steroid dienone is 2. The molecule has 1 aliphatic rings. The summed E-state index contributed by atoms with van der Waals surface area (Å²) in [6, 6.07) is 7.03. The van der Waals surface area contributed by atoms with Gasteiger partial charge in [0.05, 0.1) is 65.2 Å². The molecule has 46 heavy (non-hydrogen) atoms. The summed E-state index contributed by atoms with van der Waals surface area (Å²) in [4.78, 5) is 4.02. The van der Waals surface area contributed by atoms with Gasteiger partial charge < -0.3 is 14.4 Å². The van der Waals surface area contributed by atoms with E-state index in [9.17, 15) is 25.9 Å². The zero-order valence-corrected chi connectivity index (χ0v) is 30.4. The summed E-state index contributed by atoms with van der Waals surface area (Å²) in [7, 11) is -8.67. The summed E-state index contributed by atoms with van der Waals surface area (Å²) in [5.74, 6) is 1.57. The second kappa shape index (κ2) is 14.6. The molecule has 0 spiro atoms. The molecule has 252 valence electrons. The van der Waals surface area contributed by atoms with E-state index in [-0.39, 0.29) is 19.4 Å². The lowest BCUT2D eigenvalue weighted by molar-refractivity contribution is -0.674. The third-order valence-corrected chi connectivity index (χ3v) is 12.1. The average molecular weight is 755 g/mol. The van der Waals surface area contributed by atoms with Crippen molar-refractivity contribution < 1.29 is 30.5 Å². The molecule has 0 saturated heterocycles. The molecule has 3 aromatic rings. The number of halogens is 4. The highest BCUT2D eigenvalue weighted by atomic mass is 35.5. The van der Waals surface area contributed by atoms with E-state index in [0.717, 1.165) is 34.1 Å². The van der Waals surface area contributed by atoms with Crippen LogP contribution in [-0.4, -0.2) is 54.1 Å². The lowest BCUT2D eigenvalue weighted by atomic mass is 10.2. The SMILES string of the molecule is CCN1/C(=C\C/C=C/c2n(CC)c3cc(Cl)c(Cl)cc3[n+]2CCC(C)S(=O)(=O)[O-])N(CCC(C)S(=O)(=O)O)c2cc(Cl)c(Cl)cc21. The molecule has 1 aliphatic heterocycles. The summed E-state index contributed by atoms with van der Waals surface area (Å²) < 4.78 is 71.9. The Morgan fingerprint density at radius 1 is 0.870 bits per heavy atom. The number of hydrogen-bond acceptors (Lipinski definition) is 7. The Morgan fingerprint density at radius 2 is 1.46 bits per heavy atom. The first-order chi connectivity index (χ1) is 21.5. The number of hydrogen-bond donors (Lipinski definition) is 1. The van der Waals surface area contributed by atoms with Crippen molar-refractivity contribution in [2.75, 3.05) is 22.9 Å². The van der Waals surface area contributed by atoms with Crippen LogP contribution in [0.4, 0.5) is 11.4 Å². The Hall–Kier alpha value is -2.03. The molecule has 0 bridgehead atoms. The Bertz CT molecular complexity index is 1910. The molecule has 0 aliphatic carbocycles. The lowest BCUT2D eigenvalue weighted by Gasteiger charge is -2.25. The normalized spacial score (nSPS) is 16.3. The molecular weight excluding hydrogens is 718 g/mol. The van der Waals surface area contributed by atoms with Crippen molar-refractivity contribution in [1.29, 1.82) is 0 Å². The van der Waals surface area contributed by atoms with Crippen molar-refractivity contribution in [3.05, 3.63) is 68.2 Å². The van der Waals surface area contributed by atoms with Gasteiger partial charge in [0.1, 0.15) is 5.82 Å². The second-order valence-corrected chi connectivity index (χ2v) is 16.3. The fourth-order valence-corrected chi connectivity index (χ4v) is 6.93. The Balaban J connectivity index is 1.73. The van der Waals surface area contributed by atoms with Gasteiger partial charge in [0.15, 0.2) is 11.0 Å². The number of rotatable bonds is 13. The van der Waals surface area contributed by atoms with Gasteiger partial charge >= 0.3 is 0 Å². The zero-order chi connectivity index (χ0) is 34.1. The number of benzene rings is 2. The number of imidazole rings is 1. The summed E-state index contributed by atoms with van der Waals surface area (Å²) in [6.45, 7) is 8.55. The molecule has 0 radical (unpaired) electrons. The van der Waals surface area contributed by atoms with Crippen molar-refractivity contribution >= 4 is 95.1 Å². The van der Waals surface area contributed by atoms with E-state index in [4.69, 9.17) is 46.4 Å². The fraction of sp³-hybridized carbons (Fsp3) is 0.433. The molecule has 10 nitrogen and oxygen atoms in total. The van der Waals surface area contributed by atoms with Gasteiger partial charge in [-0.05, 0) is 58.7 Å². The average Bonchev–Trinajstić information content (AvgIpc) is 3.41. The van der Waals surface area contributed by atoms with Gasteiger partial charge in [0.25, 0.3) is 15.9 Å². The van der Waals surface area contributed by atoms with Crippen LogP contribution in [0.15, 0.2) is 42.2 Å². The van der Waals surface area contributed by atoms with Gasteiger partial charge in [-0.2, -0.15) is 8.42 Å². The summed E-state index contributed by atoms with van der Waals surface area (Å²) in [5.41, 5.74) is 3.16. The van der Waals surface area contributed by atoms with Crippen molar-refractivity contribution in [2.24, 2.45) is 0 Å². The standard InChI is InChI=1S/C30H36Cl4N4O6S2/c1-5-35-25-15-21(31)23(33)17-27(25)37(13-11-19(3)45(39,40)41)29(35)9-7-8-10-30-36(6-2)26-16-22(32)24(34)18-28(26)38(30)14-12-20(4)46(42,43)44/h7,9-10,15-20H,5-6,8,11-14H2,1-4H3,(H-,39,40,41,42,43,44)/b9-7+,30-10+. The molecule has 1 N–H and O–H groups in total. The Morgan fingerprint density at radius 3 is 2.02 bits per heavy atom. The highest BCUT2D eigenvalue weighted by Gasteiger charge is 2.32. The maximum Gasteiger partial charge on any atom is 0.282 e. The van der Waals surface area contributed by atoms with E-state index < -0.39 is 30.7 Å². The first-order valence-corrected chi connectivity index (χ1v) is 19.2. The van der Waals surface area contributed by atoms with Gasteiger partial charge in [-0.1, -0.05) is 52.5 Å². The molecule has 16 heteroatoms. The molecule has 2 atom stereocenters. The van der Waals surface area contributed by atoms with Crippen LogP contribution in [0, 0.1) is 0 Å². The third-order valence-electron chi connectivity index (χ3n) is 8.16. The van der Waals surface area contributed by atoms with Crippen molar-refractivity contribution in [3.63, 3.8) is 0 Å². The van der Waals surface area contributed by atoms with Gasteiger partial charge in [0, 0.05) is 37.7 Å². The van der Waals surface area contributed by atoms with Crippen LogP contribution in [0.25, 0.3) is 17.1 Å². The topological polar surface area (TPSA) is 127 Å². The monoisotopic (exact) mass is 752 g/mol. The smallest absolute Gasteiger partial charge is 0.282 e. The summed E-state index contributed by atoms with van der Waals surface area (Å²) in [5, 5.41) is -0.559. The molecule has 1 aromatic heterocycles. The number of aromatic nitrogens is 2. The minimum Gasteiger partial charge on any atom is -0.748 e. The minimum atomic E-state index is -4.46. The van der Waals surface area contributed by atoms with Crippen LogP contribution >= 0.6 is 46.4 Å². The highest BCUT2D eigenvalue weighted by molar-refractivity contribution is 7.86. The minimum absolute atomic E-state index is 0.107. The molecule has 4 rings (SSSR count). The Kier molecular flexibility index (Phi) is 11.7. The molecule has 0 fully saturated rings. The van der Waals surface area contributed by atoms with Crippen LogP contribution in [-0.2, 0) is 33.3 Å². The van der Waals surface area contributed by atoms with Gasteiger partial charge in [0.2, 0.25) is 0 Å². The third kappa shape index (κ3) is 7.81. The quantitative estimate of drug-likeness (QED) is 0.144. The first-order valence-electron chi connectivity index (χ1n) is 14.7. The molecular formula is C30H36Cl4N4O6S2. The van der Waals surface area contributed by atoms with Crippen molar-refractivity contribution in [3.8, 4) is 0 Å². The van der Waals surface area contributed by atoms with Gasteiger partial charge in [-0.25, -0.2) is 17.6 Å². The van der Waals surface area contributed by atoms with E-state index in [1.165, 1.54) is 13.8 Å². The van der Waals surface area contributed by atoms with Crippen molar-refractivity contribution in [2.45, 2.75) is 70.5 Å². The van der Waals surface area contributed by atoms with Crippen LogP contribution in [0.3, 0.4) is 0 Å². The fourth-order valence-electron chi connectivity index (χ4n) is 5.50. The zero-order valence-electron chi connectivity index (χ0n) is 25.8. The van der Waals surface area contributed by atoms with E-state index in [1.54, 1.807) is 24.3 Å². The van der Waals surface area contributed by atoms with E-state index in [1.807, 2.05) is 46.1 Å². The Labute approximate surface area is 290 Å². The van der Waals surface area contributed by atoms with Crippen LogP contribution in [0.1, 0.15) is 52.8 Å². The lowest BCUT2D eigenvalue weighted by Crippen LogP contribution is -2.38. The van der Waals surface area contributed by atoms with Crippen LogP contribution in [0.2, 0.25) is 20.1 Å². The largest absolute Gasteiger partial charge is 0.748 e. The van der Waals surface area contributed by atoms with E-state index in [2.05, 4.69) is 4.90 Å². The molecule has 2 aromatic carbocycles. The number of nitrogens with zero attached hydrogens (tertiary/aromatic N) is 4. The van der Waals surface area contributed by atoms with E-state index >= 15 is 0 Å². The second-order valence-electron chi connectivity index (χ2n) is 11.1. The first kappa shape index (κ1) is 36.8. The van der Waals surface area contributed by atoms with E-state index in [0.29, 0.717) is 46.1 Å². The predicted molar refractivity (Wildman–Crippen MR) is 186 cm³/mol.